The maximum Gasteiger partial charge on any atom is 0.511 e. The molecule has 0 bridgehead atoms. The van der Waals surface area contributed by atoms with E-state index >= 15 is 0 Å². The third-order valence-electron chi connectivity index (χ3n) is 2.97. The zero-order valence-corrected chi connectivity index (χ0v) is 9.87. The van der Waals surface area contributed by atoms with Gasteiger partial charge in [-0.05, 0) is 18.8 Å². The van der Waals surface area contributed by atoms with Crippen LogP contribution in [0.1, 0.15) is 39.0 Å². The number of nitrogens with one attached hydrogen (secondary N) is 1. The average molecular weight is 259 g/mol. The summed E-state index contributed by atoms with van der Waals surface area (Å²) in [5.74, 6) is -0.0420. The van der Waals surface area contributed by atoms with Gasteiger partial charge < -0.3 is 0 Å². The maximum absolute atomic E-state index is 12.2. The van der Waals surface area contributed by atoms with E-state index in [-0.39, 0.29) is 5.92 Å². The van der Waals surface area contributed by atoms with Crippen LogP contribution in [0.5, 0.6) is 0 Å². The lowest BCUT2D eigenvalue weighted by atomic mass is 9.98. The lowest BCUT2D eigenvalue weighted by Crippen LogP contribution is -2.45. The summed E-state index contributed by atoms with van der Waals surface area (Å²) in [7, 11) is -5.20. The molecular formula is C9H16F3NO2S. The van der Waals surface area contributed by atoms with Crippen molar-refractivity contribution in [3.8, 4) is 0 Å². The fourth-order valence-corrected chi connectivity index (χ4v) is 2.82. The van der Waals surface area contributed by atoms with Crippen LogP contribution in [0.2, 0.25) is 0 Å². The SMILES string of the molecule is CC1CCCCCC1NS(=O)(=O)C(F)(F)F. The lowest BCUT2D eigenvalue weighted by molar-refractivity contribution is -0.0452. The first kappa shape index (κ1) is 13.8. The number of hydrogen-bond acceptors (Lipinski definition) is 2. The number of halogens is 3. The number of alkyl halides is 3. The van der Waals surface area contributed by atoms with Gasteiger partial charge in [0.2, 0.25) is 0 Å². The van der Waals surface area contributed by atoms with Crippen molar-refractivity contribution in [2.45, 2.75) is 50.6 Å². The van der Waals surface area contributed by atoms with Gasteiger partial charge in [-0.15, -0.1) is 0 Å². The Hall–Kier alpha value is -0.300. The van der Waals surface area contributed by atoms with Gasteiger partial charge in [0.15, 0.2) is 0 Å². The summed E-state index contributed by atoms with van der Waals surface area (Å²) in [5.41, 5.74) is -5.21. The topological polar surface area (TPSA) is 46.2 Å². The molecule has 16 heavy (non-hydrogen) atoms. The fraction of sp³-hybridized carbons (Fsp3) is 1.00. The Bertz CT molecular complexity index is 326. The zero-order valence-electron chi connectivity index (χ0n) is 9.05. The second-order valence-corrected chi connectivity index (χ2v) is 5.99. The molecule has 2 unspecified atom stereocenters. The molecule has 2 atom stereocenters. The van der Waals surface area contributed by atoms with Crippen LogP contribution in [0.4, 0.5) is 13.2 Å². The number of hydrogen-bond donors (Lipinski definition) is 1. The molecule has 0 spiro atoms. The molecule has 7 heteroatoms. The average Bonchev–Trinajstić information content (AvgIpc) is 2.30. The Balaban J connectivity index is 2.72. The predicted octanol–water partition coefficient (Wildman–Crippen LogP) is 2.39. The van der Waals surface area contributed by atoms with Gasteiger partial charge in [-0.1, -0.05) is 26.2 Å². The predicted molar refractivity (Wildman–Crippen MR) is 54.1 cm³/mol. The van der Waals surface area contributed by atoms with Crippen LogP contribution in [-0.2, 0) is 10.0 Å². The highest BCUT2D eigenvalue weighted by Crippen LogP contribution is 2.27. The van der Waals surface area contributed by atoms with Gasteiger partial charge in [0.1, 0.15) is 0 Å². The molecule has 0 aliphatic heterocycles. The Morgan fingerprint density at radius 3 is 2.25 bits per heavy atom. The fourth-order valence-electron chi connectivity index (χ4n) is 1.93. The van der Waals surface area contributed by atoms with Crippen molar-refractivity contribution in [1.29, 1.82) is 0 Å². The second kappa shape index (κ2) is 4.91. The molecule has 1 saturated carbocycles. The first-order valence-electron chi connectivity index (χ1n) is 5.32. The van der Waals surface area contributed by atoms with Crippen molar-refractivity contribution in [2.24, 2.45) is 5.92 Å². The second-order valence-electron chi connectivity index (χ2n) is 4.29. The molecule has 0 aromatic carbocycles. The van der Waals surface area contributed by atoms with Crippen molar-refractivity contribution < 1.29 is 21.6 Å². The van der Waals surface area contributed by atoms with Gasteiger partial charge in [0, 0.05) is 6.04 Å². The normalized spacial score (nSPS) is 28.8. The van der Waals surface area contributed by atoms with Crippen LogP contribution in [-0.4, -0.2) is 20.0 Å². The number of rotatable bonds is 2. The van der Waals surface area contributed by atoms with Crippen molar-refractivity contribution in [3.05, 3.63) is 0 Å². The van der Waals surface area contributed by atoms with Crippen LogP contribution in [0.3, 0.4) is 0 Å². The third-order valence-corrected chi connectivity index (χ3v) is 4.20. The molecule has 1 N–H and O–H groups in total. The van der Waals surface area contributed by atoms with E-state index in [9.17, 15) is 21.6 Å². The molecule has 0 aromatic rings. The van der Waals surface area contributed by atoms with Crippen molar-refractivity contribution in [3.63, 3.8) is 0 Å². The molecule has 0 amide bonds. The van der Waals surface area contributed by atoms with Gasteiger partial charge in [-0.3, -0.25) is 0 Å². The third kappa shape index (κ3) is 3.35. The lowest BCUT2D eigenvalue weighted by Gasteiger charge is -2.23. The standard InChI is InChI=1S/C9H16F3NO2S/c1-7-5-3-2-4-6-8(7)13-16(14,15)9(10,11)12/h7-8,13H,2-6H2,1H3. The van der Waals surface area contributed by atoms with Gasteiger partial charge in [-0.2, -0.15) is 13.2 Å². The van der Waals surface area contributed by atoms with Crippen molar-refractivity contribution in [2.75, 3.05) is 0 Å². The molecule has 1 aliphatic rings. The van der Waals surface area contributed by atoms with E-state index in [1.54, 1.807) is 11.6 Å². The molecule has 3 nitrogen and oxygen atoms in total. The molecule has 0 saturated heterocycles. The quantitative estimate of drug-likeness (QED) is 0.774. The maximum atomic E-state index is 12.2. The highest BCUT2D eigenvalue weighted by Gasteiger charge is 2.47. The summed E-state index contributed by atoms with van der Waals surface area (Å²) < 4.78 is 60.2. The van der Waals surface area contributed by atoms with E-state index in [2.05, 4.69) is 0 Å². The summed E-state index contributed by atoms with van der Waals surface area (Å²) in [4.78, 5) is 0. The summed E-state index contributed by atoms with van der Waals surface area (Å²) in [6, 6.07) is -0.589. The number of sulfonamides is 1. The Kier molecular flexibility index (Phi) is 4.23. The van der Waals surface area contributed by atoms with Crippen LogP contribution >= 0.6 is 0 Å². The molecule has 0 radical (unpaired) electrons. The van der Waals surface area contributed by atoms with E-state index in [4.69, 9.17) is 0 Å². The first-order valence-corrected chi connectivity index (χ1v) is 6.81. The van der Waals surface area contributed by atoms with Crippen LogP contribution < -0.4 is 4.72 Å². The minimum Gasteiger partial charge on any atom is -0.204 e. The minimum atomic E-state index is -5.21. The summed E-state index contributed by atoms with van der Waals surface area (Å²) in [6.45, 7) is 1.79. The van der Waals surface area contributed by atoms with E-state index in [1.165, 1.54) is 0 Å². The van der Waals surface area contributed by atoms with Gasteiger partial charge in [-0.25, -0.2) is 13.1 Å². The van der Waals surface area contributed by atoms with Crippen molar-refractivity contribution >= 4 is 10.0 Å². The highest BCUT2D eigenvalue weighted by molar-refractivity contribution is 7.90. The van der Waals surface area contributed by atoms with Crippen LogP contribution in [0.25, 0.3) is 0 Å². The molecule has 0 heterocycles. The Labute approximate surface area is 93.5 Å². The smallest absolute Gasteiger partial charge is 0.204 e. The Morgan fingerprint density at radius 2 is 1.69 bits per heavy atom. The monoisotopic (exact) mass is 259 g/mol. The molecular weight excluding hydrogens is 243 g/mol. The van der Waals surface area contributed by atoms with Crippen LogP contribution in [0, 0.1) is 5.92 Å². The van der Waals surface area contributed by atoms with Gasteiger partial charge >= 0.3 is 15.5 Å². The van der Waals surface area contributed by atoms with Gasteiger partial charge in [0.05, 0.1) is 0 Å². The first-order chi connectivity index (χ1) is 7.24. The van der Waals surface area contributed by atoms with E-state index in [1.807, 2.05) is 0 Å². The van der Waals surface area contributed by atoms with Crippen molar-refractivity contribution in [1.82, 2.24) is 4.72 Å². The Morgan fingerprint density at radius 1 is 1.12 bits per heavy atom. The summed E-state index contributed by atoms with van der Waals surface area (Å²) in [6.07, 6.45) is 3.93. The summed E-state index contributed by atoms with van der Waals surface area (Å²) >= 11 is 0. The molecule has 1 rings (SSSR count). The molecule has 1 fully saturated rings. The highest BCUT2D eigenvalue weighted by atomic mass is 32.2. The largest absolute Gasteiger partial charge is 0.511 e. The van der Waals surface area contributed by atoms with Gasteiger partial charge in [0.25, 0.3) is 0 Å². The molecule has 1 aliphatic carbocycles. The molecule has 0 aromatic heterocycles. The summed E-state index contributed by atoms with van der Waals surface area (Å²) in [5, 5.41) is 0. The van der Waals surface area contributed by atoms with Crippen LogP contribution in [0.15, 0.2) is 0 Å². The van der Waals surface area contributed by atoms with E-state index < -0.39 is 21.6 Å². The van der Waals surface area contributed by atoms with E-state index in [0.29, 0.717) is 6.42 Å². The molecule has 96 valence electrons. The minimum absolute atomic E-state index is 0.0420. The zero-order chi connectivity index (χ0) is 12.4. The van der Waals surface area contributed by atoms with E-state index in [0.717, 1.165) is 25.7 Å².